The Bertz CT molecular complexity index is 905. The zero-order valence-electron chi connectivity index (χ0n) is 17.1. The first-order valence-corrected chi connectivity index (χ1v) is 10.3. The number of aliphatic hydroxyl groups excluding tert-OH is 1. The zero-order valence-corrected chi connectivity index (χ0v) is 17.1. The van der Waals surface area contributed by atoms with Crippen molar-refractivity contribution in [3.8, 4) is 17.4 Å². The van der Waals surface area contributed by atoms with E-state index in [0.717, 1.165) is 37.7 Å². The maximum absolute atomic E-state index is 12.8. The second-order valence-corrected chi connectivity index (χ2v) is 7.80. The number of nitrogens with zero attached hydrogens (tertiary/aromatic N) is 1. The van der Waals surface area contributed by atoms with E-state index in [-0.39, 0.29) is 24.1 Å². The minimum absolute atomic E-state index is 0.0599. The molecule has 1 saturated carbocycles. The number of hydrogen-bond donors (Lipinski definition) is 3. The molecule has 7 heteroatoms. The SMILES string of the molecule is CC(O)CNC(=O)[C@@H](NC(=O)c1ccc(-c2ccc(C#N)cc2)o1)C1CCCCC1. The van der Waals surface area contributed by atoms with Gasteiger partial charge in [0.2, 0.25) is 5.91 Å². The average Bonchev–Trinajstić information content (AvgIpc) is 3.27. The van der Waals surface area contributed by atoms with Crippen LogP contribution in [0.3, 0.4) is 0 Å². The molecule has 1 aromatic heterocycles. The molecule has 0 aliphatic heterocycles. The van der Waals surface area contributed by atoms with Gasteiger partial charge in [0, 0.05) is 12.1 Å². The maximum atomic E-state index is 12.8. The van der Waals surface area contributed by atoms with Crippen molar-refractivity contribution in [1.29, 1.82) is 5.26 Å². The first-order chi connectivity index (χ1) is 14.5. The van der Waals surface area contributed by atoms with Crippen molar-refractivity contribution >= 4 is 11.8 Å². The third-order valence-corrected chi connectivity index (χ3v) is 5.39. The number of rotatable bonds is 7. The summed E-state index contributed by atoms with van der Waals surface area (Å²) in [6, 6.07) is 11.5. The quantitative estimate of drug-likeness (QED) is 0.650. The van der Waals surface area contributed by atoms with Gasteiger partial charge >= 0.3 is 0 Å². The molecule has 0 bridgehead atoms. The van der Waals surface area contributed by atoms with Gasteiger partial charge < -0.3 is 20.2 Å². The van der Waals surface area contributed by atoms with Crippen molar-refractivity contribution in [1.82, 2.24) is 10.6 Å². The van der Waals surface area contributed by atoms with E-state index in [4.69, 9.17) is 9.68 Å². The number of carbonyl (C=O) groups is 2. The van der Waals surface area contributed by atoms with Crippen molar-refractivity contribution in [2.45, 2.75) is 51.2 Å². The van der Waals surface area contributed by atoms with E-state index < -0.39 is 18.1 Å². The Labute approximate surface area is 176 Å². The summed E-state index contributed by atoms with van der Waals surface area (Å²) in [5.74, 6) is -0.0340. The van der Waals surface area contributed by atoms with Crippen LogP contribution >= 0.6 is 0 Å². The summed E-state index contributed by atoms with van der Waals surface area (Å²) in [5, 5.41) is 23.9. The number of furan rings is 1. The normalized spacial score (nSPS) is 16.3. The Kier molecular flexibility index (Phi) is 7.26. The second kappa shape index (κ2) is 10.1. The van der Waals surface area contributed by atoms with E-state index in [1.807, 2.05) is 0 Å². The molecule has 3 N–H and O–H groups in total. The van der Waals surface area contributed by atoms with E-state index in [9.17, 15) is 14.7 Å². The molecule has 0 spiro atoms. The van der Waals surface area contributed by atoms with Crippen LogP contribution in [0.2, 0.25) is 0 Å². The monoisotopic (exact) mass is 409 g/mol. The molecule has 1 aliphatic carbocycles. The molecule has 0 saturated heterocycles. The Morgan fingerprint density at radius 1 is 1.17 bits per heavy atom. The second-order valence-electron chi connectivity index (χ2n) is 7.80. The topological polar surface area (TPSA) is 115 Å². The fraction of sp³-hybridized carbons (Fsp3) is 0.435. The highest BCUT2D eigenvalue weighted by atomic mass is 16.4. The summed E-state index contributed by atoms with van der Waals surface area (Å²) in [6.07, 6.45) is 4.30. The highest BCUT2D eigenvalue weighted by Crippen LogP contribution is 2.27. The van der Waals surface area contributed by atoms with Gasteiger partial charge in [-0.15, -0.1) is 0 Å². The van der Waals surface area contributed by atoms with Crippen LogP contribution in [-0.2, 0) is 4.79 Å². The first kappa shape index (κ1) is 21.6. The van der Waals surface area contributed by atoms with E-state index in [0.29, 0.717) is 11.3 Å². The van der Waals surface area contributed by atoms with Gasteiger partial charge in [-0.1, -0.05) is 19.3 Å². The highest BCUT2D eigenvalue weighted by molar-refractivity contribution is 5.96. The molecule has 7 nitrogen and oxygen atoms in total. The largest absolute Gasteiger partial charge is 0.451 e. The minimum atomic E-state index is -0.667. The fourth-order valence-corrected chi connectivity index (χ4v) is 3.76. The maximum Gasteiger partial charge on any atom is 0.287 e. The van der Waals surface area contributed by atoms with Crippen LogP contribution < -0.4 is 10.6 Å². The molecular formula is C23H27N3O4. The summed E-state index contributed by atoms with van der Waals surface area (Å²) in [4.78, 5) is 25.5. The van der Waals surface area contributed by atoms with Crippen molar-refractivity contribution in [2.24, 2.45) is 5.92 Å². The van der Waals surface area contributed by atoms with Gasteiger partial charge in [0.25, 0.3) is 5.91 Å². The van der Waals surface area contributed by atoms with Crippen molar-refractivity contribution < 1.29 is 19.1 Å². The van der Waals surface area contributed by atoms with Crippen LogP contribution in [0.5, 0.6) is 0 Å². The van der Waals surface area contributed by atoms with Gasteiger partial charge in [-0.3, -0.25) is 9.59 Å². The number of nitriles is 1. The lowest BCUT2D eigenvalue weighted by Crippen LogP contribution is -2.52. The van der Waals surface area contributed by atoms with E-state index in [1.54, 1.807) is 43.3 Å². The van der Waals surface area contributed by atoms with Crippen LogP contribution in [0, 0.1) is 17.2 Å². The molecule has 1 aromatic carbocycles. The van der Waals surface area contributed by atoms with E-state index >= 15 is 0 Å². The van der Waals surface area contributed by atoms with Gasteiger partial charge in [-0.25, -0.2) is 0 Å². The van der Waals surface area contributed by atoms with Crippen LogP contribution in [0.4, 0.5) is 0 Å². The van der Waals surface area contributed by atoms with Crippen LogP contribution in [-0.4, -0.2) is 35.6 Å². The lowest BCUT2D eigenvalue weighted by Gasteiger charge is -2.30. The van der Waals surface area contributed by atoms with Crippen molar-refractivity contribution in [3.63, 3.8) is 0 Å². The molecule has 2 aromatic rings. The Balaban J connectivity index is 1.72. The molecule has 1 aliphatic rings. The predicted octanol–water partition coefficient (Wildman–Crippen LogP) is 2.99. The molecule has 2 amide bonds. The first-order valence-electron chi connectivity index (χ1n) is 10.3. The molecule has 2 atom stereocenters. The average molecular weight is 409 g/mol. The number of aliphatic hydroxyl groups is 1. The Morgan fingerprint density at radius 2 is 1.87 bits per heavy atom. The van der Waals surface area contributed by atoms with E-state index in [2.05, 4.69) is 16.7 Å². The molecular weight excluding hydrogens is 382 g/mol. The Hall–Kier alpha value is -3.11. The molecule has 3 rings (SSSR count). The number of carbonyl (C=O) groups excluding carboxylic acids is 2. The number of nitrogens with one attached hydrogen (secondary N) is 2. The van der Waals surface area contributed by atoms with Gasteiger partial charge in [0.1, 0.15) is 11.8 Å². The minimum Gasteiger partial charge on any atom is -0.451 e. The Morgan fingerprint density at radius 3 is 2.50 bits per heavy atom. The summed E-state index contributed by atoms with van der Waals surface area (Å²) in [6.45, 7) is 1.74. The van der Waals surface area contributed by atoms with Gasteiger partial charge in [0.05, 0.1) is 17.7 Å². The van der Waals surface area contributed by atoms with Gasteiger partial charge in [0.15, 0.2) is 5.76 Å². The summed E-state index contributed by atoms with van der Waals surface area (Å²) < 4.78 is 5.70. The molecule has 30 heavy (non-hydrogen) atoms. The van der Waals surface area contributed by atoms with Gasteiger partial charge in [-0.05, 0) is 62.1 Å². The highest BCUT2D eigenvalue weighted by Gasteiger charge is 2.31. The summed E-state index contributed by atoms with van der Waals surface area (Å²) in [5.41, 5.74) is 1.30. The van der Waals surface area contributed by atoms with Gasteiger partial charge in [-0.2, -0.15) is 5.26 Å². The lowest BCUT2D eigenvalue weighted by molar-refractivity contribution is -0.125. The van der Waals surface area contributed by atoms with Crippen LogP contribution in [0.1, 0.15) is 55.1 Å². The molecule has 1 fully saturated rings. The van der Waals surface area contributed by atoms with Crippen molar-refractivity contribution in [3.05, 3.63) is 47.7 Å². The van der Waals surface area contributed by atoms with Crippen molar-refractivity contribution in [2.75, 3.05) is 6.54 Å². The lowest BCUT2D eigenvalue weighted by atomic mass is 9.83. The molecule has 158 valence electrons. The molecule has 1 heterocycles. The standard InChI is InChI=1S/C23H27N3O4/c1-15(27)14-25-23(29)21(18-5-3-2-4-6-18)26-22(28)20-12-11-19(30-20)17-9-7-16(13-24)8-10-17/h7-12,15,18,21,27H,2-6,14H2,1H3,(H,25,29)(H,26,28)/t15?,21-/m0/s1. The third kappa shape index (κ3) is 5.49. The fourth-order valence-electron chi connectivity index (χ4n) is 3.76. The smallest absolute Gasteiger partial charge is 0.287 e. The van der Waals surface area contributed by atoms with E-state index in [1.165, 1.54) is 0 Å². The summed E-state index contributed by atoms with van der Waals surface area (Å²) >= 11 is 0. The molecule has 1 unspecified atom stereocenters. The predicted molar refractivity (Wildman–Crippen MR) is 111 cm³/mol. The summed E-state index contributed by atoms with van der Waals surface area (Å²) in [7, 11) is 0. The third-order valence-electron chi connectivity index (χ3n) is 5.39. The molecule has 0 radical (unpaired) electrons. The zero-order chi connectivity index (χ0) is 21.5. The number of hydrogen-bond acceptors (Lipinski definition) is 5. The number of amides is 2. The van der Waals surface area contributed by atoms with Crippen LogP contribution in [0.15, 0.2) is 40.8 Å². The van der Waals surface area contributed by atoms with Crippen LogP contribution in [0.25, 0.3) is 11.3 Å². The number of benzene rings is 1.